The molecule has 29 heavy (non-hydrogen) atoms. The maximum atomic E-state index is 12.4. The van der Waals surface area contributed by atoms with Gasteiger partial charge in [-0.25, -0.2) is 4.79 Å². The molecule has 0 spiro atoms. The third-order valence-corrected chi connectivity index (χ3v) is 5.03. The van der Waals surface area contributed by atoms with Gasteiger partial charge >= 0.3 is 11.7 Å². The van der Waals surface area contributed by atoms with Crippen LogP contribution in [0.4, 0.5) is 0 Å². The molecule has 0 unspecified atom stereocenters. The lowest BCUT2D eigenvalue weighted by molar-refractivity contribution is -0.142. The molecule has 0 N–H and O–H groups in total. The number of ether oxygens (including phenoxy) is 1. The Morgan fingerprint density at radius 3 is 2.21 bits per heavy atom. The Kier molecular flexibility index (Phi) is 5.73. The molecule has 1 aromatic heterocycles. The van der Waals surface area contributed by atoms with Gasteiger partial charge in [-0.1, -0.05) is 57.2 Å². The van der Waals surface area contributed by atoms with Gasteiger partial charge in [-0.2, -0.15) is 0 Å². The highest BCUT2D eigenvalue weighted by Crippen LogP contribution is 2.22. The molecule has 0 atom stereocenters. The molecule has 0 fully saturated rings. The highest BCUT2D eigenvalue weighted by molar-refractivity contribution is 5.98. The van der Waals surface area contributed by atoms with Gasteiger partial charge in [0, 0.05) is 19.2 Å². The van der Waals surface area contributed by atoms with Crippen LogP contribution < -0.4 is 5.69 Å². The van der Waals surface area contributed by atoms with E-state index in [1.807, 2.05) is 36.4 Å². The average molecular weight is 394 g/mol. The van der Waals surface area contributed by atoms with E-state index in [1.165, 1.54) is 0 Å². The summed E-state index contributed by atoms with van der Waals surface area (Å²) < 4.78 is 8.22. The smallest absolute Gasteiger partial charge is 0.328 e. The molecule has 0 saturated heterocycles. The molecule has 0 amide bonds. The molecular formula is C23H26N2O4. The first-order valence-electron chi connectivity index (χ1n) is 9.62. The topological polar surface area (TPSA) is 70.3 Å². The molecular weight excluding hydrogens is 368 g/mol. The molecule has 0 bridgehead atoms. The number of aryl methyl sites for hydroxylation is 2. The van der Waals surface area contributed by atoms with Crippen LogP contribution in [-0.2, 0) is 28.5 Å². The van der Waals surface area contributed by atoms with Gasteiger partial charge in [0.15, 0.2) is 12.4 Å². The number of para-hydroxylation sites is 2. The molecule has 152 valence electrons. The summed E-state index contributed by atoms with van der Waals surface area (Å²) in [5, 5.41) is 0. The number of nitrogens with zero attached hydrogens (tertiary/aromatic N) is 2. The number of fused-ring (bicyclic) bond motifs is 1. The lowest BCUT2D eigenvalue weighted by atomic mass is 9.86. The quantitative estimate of drug-likeness (QED) is 0.474. The van der Waals surface area contributed by atoms with Gasteiger partial charge in [0.2, 0.25) is 0 Å². The van der Waals surface area contributed by atoms with Gasteiger partial charge in [-0.05, 0) is 23.1 Å². The normalized spacial score (nSPS) is 11.6. The second-order valence-corrected chi connectivity index (χ2v) is 8.14. The zero-order valence-electron chi connectivity index (χ0n) is 17.3. The van der Waals surface area contributed by atoms with Gasteiger partial charge in [-0.3, -0.25) is 18.7 Å². The van der Waals surface area contributed by atoms with Gasteiger partial charge in [0.1, 0.15) is 0 Å². The van der Waals surface area contributed by atoms with Crippen molar-refractivity contribution in [1.82, 2.24) is 9.13 Å². The SMILES string of the molecule is Cn1c(=O)n(CCC(=O)OCC(=O)c2ccc(C(C)(C)C)cc2)c2ccccc21. The number of carbonyl (C=O) groups is 2. The van der Waals surface area contributed by atoms with Crippen LogP contribution in [0.25, 0.3) is 11.0 Å². The predicted octanol–water partition coefficient (Wildman–Crippen LogP) is 3.45. The molecule has 0 aliphatic heterocycles. The number of esters is 1. The first-order chi connectivity index (χ1) is 13.7. The van der Waals surface area contributed by atoms with Crippen molar-refractivity contribution >= 4 is 22.8 Å². The molecule has 6 nitrogen and oxygen atoms in total. The minimum atomic E-state index is -0.510. The van der Waals surface area contributed by atoms with E-state index >= 15 is 0 Å². The van der Waals surface area contributed by atoms with Crippen molar-refractivity contribution in [2.24, 2.45) is 7.05 Å². The molecule has 2 aromatic carbocycles. The van der Waals surface area contributed by atoms with Crippen molar-refractivity contribution in [1.29, 1.82) is 0 Å². The van der Waals surface area contributed by atoms with Crippen LogP contribution in [0.15, 0.2) is 53.3 Å². The molecule has 1 heterocycles. The molecule has 0 aliphatic rings. The zero-order chi connectivity index (χ0) is 21.2. The Bertz CT molecular complexity index is 1100. The summed E-state index contributed by atoms with van der Waals surface area (Å²) in [6, 6.07) is 14.8. The number of aromatic nitrogens is 2. The Hall–Kier alpha value is -3.15. The van der Waals surface area contributed by atoms with Crippen molar-refractivity contribution < 1.29 is 14.3 Å². The third-order valence-electron chi connectivity index (χ3n) is 5.03. The second kappa shape index (κ2) is 8.07. The van der Waals surface area contributed by atoms with E-state index in [2.05, 4.69) is 20.8 Å². The fraction of sp³-hybridized carbons (Fsp3) is 0.348. The summed E-state index contributed by atoms with van der Waals surface area (Å²) in [5.41, 5.74) is 3.03. The van der Waals surface area contributed by atoms with E-state index < -0.39 is 5.97 Å². The Balaban J connectivity index is 1.57. The van der Waals surface area contributed by atoms with Crippen LogP contribution in [0, 0.1) is 0 Å². The van der Waals surface area contributed by atoms with Crippen molar-refractivity contribution in [3.63, 3.8) is 0 Å². The standard InChI is InChI=1S/C23H26N2O4/c1-23(2,3)17-11-9-16(10-12-17)20(26)15-29-21(27)13-14-25-19-8-6-5-7-18(19)24(4)22(25)28/h5-12H,13-15H2,1-4H3. The highest BCUT2D eigenvalue weighted by Gasteiger charge is 2.16. The summed E-state index contributed by atoms with van der Waals surface area (Å²) in [6.07, 6.45) is 0.0180. The second-order valence-electron chi connectivity index (χ2n) is 8.14. The van der Waals surface area contributed by atoms with Gasteiger partial charge in [0.25, 0.3) is 0 Å². The van der Waals surface area contributed by atoms with Crippen LogP contribution in [0.1, 0.15) is 43.1 Å². The van der Waals surface area contributed by atoms with E-state index in [1.54, 1.807) is 28.3 Å². The summed E-state index contributed by atoms with van der Waals surface area (Å²) in [4.78, 5) is 36.7. The first-order valence-corrected chi connectivity index (χ1v) is 9.62. The first kappa shape index (κ1) is 20.6. The number of Topliss-reactive ketones (excluding diaryl/α,β-unsaturated/α-hetero) is 1. The number of benzene rings is 2. The predicted molar refractivity (Wildman–Crippen MR) is 112 cm³/mol. The monoisotopic (exact) mass is 394 g/mol. The van der Waals surface area contributed by atoms with Crippen LogP contribution >= 0.6 is 0 Å². The number of imidazole rings is 1. The Morgan fingerprint density at radius 2 is 1.59 bits per heavy atom. The fourth-order valence-corrected chi connectivity index (χ4v) is 3.24. The summed E-state index contributed by atoms with van der Waals surface area (Å²) in [7, 11) is 1.70. The number of hydrogen-bond donors (Lipinski definition) is 0. The number of carbonyl (C=O) groups excluding carboxylic acids is 2. The summed E-state index contributed by atoms with van der Waals surface area (Å²) in [5.74, 6) is -0.759. The van der Waals surface area contributed by atoms with Gasteiger partial charge in [-0.15, -0.1) is 0 Å². The lowest BCUT2D eigenvalue weighted by Gasteiger charge is -2.18. The summed E-state index contributed by atoms with van der Waals surface area (Å²) in [6.45, 7) is 6.21. The number of hydrogen-bond acceptors (Lipinski definition) is 4. The molecule has 0 aliphatic carbocycles. The van der Waals surface area contributed by atoms with Gasteiger partial charge in [0.05, 0.1) is 17.5 Å². The van der Waals surface area contributed by atoms with Crippen LogP contribution in [0.2, 0.25) is 0 Å². The van der Waals surface area contributed by atoms with E-state index in [-0.39, 0.29) is 36.5 Å². The molecule has 0 radical (unpaired) electrons. The Morgan fingerprint density at radius 1 is 0.966 bits per heavy atom. The van der Waals surface area contributed by atoms with Crippen molar-refractivity contribution in [3.8, 4) is 0 Å². The molecule has 6 heteroatoms. The van der Waals surface area contributed by atoms with E-state index in [0.717, 1.165) is 16.6 Å². The largest absolute Gasteiger partial charge is 0.457 e. The molecule has 3 rings (SSSR count). The van der Waals surface area contributed by atoms with Crippen LogP contribution in [0.3, 0.4) is 0 Å². The average Bonchev–Trinajstić information content (AvgIpc) is 2.94. The maximum absolute atomic E-state index is 12.4. The van der Waals surface area contributed by atoms with E-state index in [4.69, 9.17) is 4.74 Å². The molecule has 0 saturated carbocycles. The van der Waals surface area contributed by atoms with Crippen molar-refractivity contribution in [3.05, 3.63) is 70.1 Å². The Labute approximate surface area is 169 Å². The lowest BCUT2D eigenvalue weighted by Crippen LogP contribution is -2.24. The van der Waals surface area contributed by atoms with E-state index in [0.29, 0.717) is 5.56 Å². The highest BCUT2D eigenvalue weighted by atomic mass is 16.5. The van der Waals surface area contributed by atoms with Crippen LogP contribution in [-0.4, -0.2) is 27.5 Å². The van der Waals surface area contributed by atoms with E-state index in [9.17, 15) is 14.4 Å². The van der Waals surface area contributed by atoms with Crippen molar-refractivity contribution in [2.75, 3.05) is 6.61 Å². The summed E-state index contributed by atoms with van der Waals surface area (Å²) >= 11 is 0. The number of rotatable bonds is 6. The minimum Gasteiger partial charge on any atom is -0.457 e. The number of ketones is 1. The third kappa shape index (κ3) is 4.47. The van der Waals surface area contributed by atoms with Gasteiger partial charge < -0.3 is 4.74 Å². The molecule has 3 aromatic rings. The maximum Gasteiger partial charge on any atom is 0.328 e. The van der Waals surface area contributed by atoms with Crippen LogP contribution in [0.5, 0.6) is 0 Å². The van der Waals surface area contributed by atoms with Crippen molar-refractivity contribution in [2.45, 2.75) is 39.2 Å². The fourth-order valence-electron chi connectivity index (χ4n) is 3.24. The minimum absolute atomic E-state index is 0.00768. The zero-order valence-corrected chi connectivity index (χ0v) is 17.3.